The van der Waals surface area contributed by atoms with Gasteiger partial charge in [0.1, 0.15) is 11.9 Å². The summed E-state index contributed by atoms with van der Waals surface area (Å²) in [6, 6.07) is 5.30. The number of hydrogen-bond acceptors (Lipinski definition) is 2. The van der Waals surface area contributed by atoms with Gasteiger partial charge < -0.3 is 9.64 Å². The molecule has 2 nitrogen and oxygen atoms in total. The van der Waals surface area contributed by atoms with E-state index in [1.54, 1.807) is 12.1 Å². The maximum Gasteiger partial charge on any atom is 0.169 e. The van der Waals surface area contributed by atoms with E-state index in [0.29, 0.717) is 14.5 Å². The number of rotatable bonds is 2. The Morgan fingerprint density at radius 1 is 1.22 bits per heavy atom. The molecule has 0 N–H and O–H groups in total. The minimum absolute atomic E-state index is 0.171. The van der Waals surface area contributed by atoms with E-state index in [4.69, 9.17) is 51.8 Å². The van der Waals surface area contributed by atoms with Crippen LogP contribution >= 0.6 is 47.0 Å². The standard InChI is InChI=1S/C12H12Cl3NOS/c13-10-2-1-9(7-11(10)14)17-8-3-5-16(6-4-8)12(15)18/h1-2,7-8H,3-6H2. The molecule has 0 aromatic heterocycles. The predicted octanol–water partition coefficient (Wildman–Crippen LogP) is 4.36. The summed E-state index contributed by atoms with van der Waals surface area (Å²) in [5.41, 5.74) is 0. The van der Waals surface area contributed by atoms with Gasteiger partial charge in [-0.1, -0.05) is 34.8 Å². The maximum absolute atomic E-state index is 5.94. The van der Waals surface area contributed by atoms with Crippen LogP contribution in [0.15, 0.2) is 18.2 Å². The third-order valence-corrected chi connectivity index (χ3v) is 4.12. The highest BCUT2D eigenvalue weighted by atomic mass is 35.5. The van der Waals surface area contributed by atoms with Crippen molar-refractivity contribution in [2.24, 2.45) is 0 Å². The van der Waals surface area contributed by atoms with E-state index in [9.17, 15) is 0 Å². The Labute approximate surface area is 127 Å². The number of benzene rings is 1. The first-order chi connectivity index (χ1) is 8.56. The highest BCUT2D eigenvalue weighted by Gasteiger charge is 2.21. The summed E-state index contributed by atoms with van der Waals surface area (Å²) in [6.45, 7) is 1.66. The summed E-state index contributed by atoms with van der Waals surface area (Å²) in [5.74, 6) is 0.747. The molecule has 1 aliphatic rings. The molecule has 1 fully saturated rings. The van der Waals surface area contributed by atoms with Gasteiger partial charge in [0.15, 0.2) is 4.45 Å². The quantitative estimate of drug-likeness (QED) is 0.455. The molecule has 0 amide bonds. The first-order valence-corrected chi connectivity index (χ1v) is 7.16. The van der Waals surface area contributed by atoms with Crippen LogP contribution < -0.4 is 4.74 Å². The molecular weight excluding hydrogens is 313 g/mol. The molecule has 0 saturated carbocycles. The molecule has 98 valence electrons. The summed E-state index contributed by atoms with van der Waals surface area (Å²) in [5, 5.41) is 1.04. The number of thiocarbonyl (C=S) groups is 1. The highest BCUT2D eigenvalue weighted by Crippen LogP contribution is 2.28. The number of hydrogen-bond donors (Lipinski definition) is 0. The van der Waals surface area contributed by atoms with Crippen LogP contribution in [0.2, 0.25) is 10.0 Å². The van der Waals surface area contributed by atoms with E-state index in [0.717, 1.165) is 31.7 Å². The summed E-state index contributed by atoms with van der Waals surface area (Å²) in [4.78, 5) is 1.98. The third-order valence-electron chi connectivity index (χ3n) is 2.88. The van der Waals surface area contributed by atoms with Crippen molar-refractivity contribution in [3.05, 3.63) is 28.2 Å². The van der Waals surface area contributed by atoms with E-state index in [-0.39, 0.29) is 6.10 Å². The predicted molar refractivity (Wildman–Crippen MR) is 80.1 cm³/mol. The average molecular weight is 325 g/mol. The van der Waals surface area contributed by atoms with Crippen LogP contribution in [0.5, 0.6) is 5.75 Å². The van der Waals surface area contributed by atoms with Crippen LogP contribution in [-0.4, -0.2) is 28.5 Å². The topological polar surface area (TPSA) is 12.5 Å². The molecule has 6 heteroatoms. The van der Waals surface area contributed by atoms with Crippen LogP contribution in [-0.2, 0) is 0 Å². The molecule has 0 unspecified atom stereocenters. The Morgan fingerprint density at radius 3 is 2.44 bits per heavy atom. The molecule has 0 aliphatic carbocycles. The average Bonchev–Trinajstić information content (AvgIpc) is 2.34. The summed E-state index contributed by atoms with van der Waals surface area (Å²) in [6.07, 6.45) is 1.96. The van der Waals surface area contributed by atoms with Crippen molar-refractivity contribution in [2.45, 2.75) is 18.9 Å². The van der Waals surface area contributed by atoms with Gasteiger partial charge in [-0.3, -0.25) is 0 Å². The Kier molecular flexibility index (Phi) is 4.96. The van der Waals surface area contributed by atoms with Crippen molar-refractivity contribution in [1.82, 2.24) is 4.90 Å². The minimum Gasteiger partial charge on any atom is -0.490 e. The number of piperidine rings is 1. The molecule has 1 aromatic carbocycles. The van der Waals surface area contributed by atoms with Crippen molar-refractivity contribution in [1.29, 1.82) is 0 Å². The number of ether oxygens (including phenoxy) is 1. The molecule has 0 bridgehead atoms. The fourth-order valence-corrected chi connectivity index (χ4v) is 2.53. The van der Waals surface area contributed by atoms with Gasteiger partial charge in [0.2, 0.25) is 0 Å². The summed E-state index contributed by atoms with van der Waals surface area (Å²) < 4.78 is 6.30. The van der Waals surface area contributed by atoms with Crippen LogP contribution in [0.1, 0.15) is 12.8 Å². The highest BCUT2D eigenvalue weighted by molar-refractivity contribution is 7.83. The second kappa shape index (κ2) is 6.29. The fourth-order valence-electron chi connectivity index (χ4n) is 1.89. The fraction of sp³-hybridized carbons (Fsp3) is 0.417. The molecule has 1 heterocycles. The Balaban J connectivity index is 1.91. The number of nitrogens with zero attached hydrogens (tertiary/aromatic N) is 1. The van der Waals surface area contributed by atoms with Crippen molar-refractivity contribution >= 4 is 51.5 Å². The van der Waals surface area contributed by atoms with Gasteiger partial charge in [-0.25, -0.2) is 0 Å². The van der Waals surface area contributed by atoms with E-state index >= 15 is 0 Å². The van der Waals surface area contributed by atoms with E-state index in [1.807, 2.05) is 11.0 Å². The second-order valence-corrected chi connectivity index (χ2v) is 5.92. The first kappa shape index (κ1) is 14.2. The van der Waals surface area contributed by atoms with Gasteiger partial charge in [-0.05, 0) is 24.4 Å². The molecule has 1 saturated heterocycles. The van der Waals surface area contributed by atoms with Crippen LogP contribution in [0.25, 0.3) is 0 Å². The van der Waals surface area contributed by atoms with Crippen LogP contribution in [0.3, 0.4) is 0 Å². The third kappa shape index (κ3) is 3.64. The minimum atomic E-state index is 0.171. The Morgan fingerprint density at radius 2 is 1.89 bits per heavy atom. The van der Waals surface area contributed by atoms with E-state index in [2.05, 4.69) is 0 Å². The van der Waals surface area contributed by atoms with Gasteiger partial charge in [0.25, 0.3) is 0 Å². The second-order valence-electron chi connectivity index (χ2n) is 4.13. The number of halogens is 3. The first-order valence-electron chi connectivity index (χ1n) is 5.62. The van der Waals surface area contributed by atoms with Crippen LogP contribution in [0, 0.1) is 0 Å². The molecule has 1 aliphatic heterocycles. The van der Waals surface area contributed by atoms with E-state index in [1.165, 1.54) is 0 Å². The lowest BCUT2D eigenvalue weighted by Crippen LogP contribution is -2.39. The SMILES string of the molecule is S=C(Cl)N1CCC(Oc2ccc(Cl)c(Cl)c2)CC1. The monoisotopic (exact) mass is 323 g/mol. The van der Waals surface area contributed by atoms with Gasteiger partial charge in [-0.15, -0.1) is 0 Å². The summed E-state index contributed by atoms with van der Waals surface area (Å²) >= 11 is 22.5. The molecular formula is C12H12Cl3NOS. The largest absolute Gasteiger partial charge is 0.490 e. The van der Waals surface area contributed by atoms with Crippen LogP contribution in [0.4, 0.5) is 0 Å². The molecule has 0 atom stereocenters. The normalized spacial score (nSPS) is 16.7. The zero-order valence-corrected chi connectivity index (χ0v) is 12.6. The number of likely N-dealkylation sites (tertiary alicyclic amines) is 1. The molecule has 1 aromatic rings. The molecule has 2 rings (SSSR count). The van der Waals surface area contributed by atoms with Gasteiger partial charge >= 0.3 is 0 Å². The lowest BCUT2D eigenvalue weighted by atomic mass is 10.1. The lowest BCUT2D eigenvalue weighted by Gasteiger charge is -2.32. The summed E-state index contributed by atoms with van der Waals surface area (Å²) in [7, 11) is 0. The van der Waals surface area contributed by atoms with Crippen molar-refractivity contribution in [3.63, 3.8) is 0 Å². The molecule has 0 radical (unpaired) electrons. The van der Waals surface area contributed by atoms with Gasteiger partial charge in [0.05, 0.1) is 10.0 Å². The molecule has 0 spiro atoms. The zero-order valence-electron chi connectivity index (χ0n) is 9.54. The smallest absolute Gasteiger partial charge is 0.169 e. The van der Waals surface area contributed by atoms with Crippen molar-refractivity contribution in [2.75, 3.05) is 13.1 Å². The van der Waals surface area contributed by atoms with Gasteiger partial charge in [0, 0.05) is 32.0 Å². The van der Waals surface area contributed by atoms with Crippen molar-refractivity contribution in [3.8, 4) is 5.75 Å². The van der Waals surface area contributed by atoms with Crippen molar-refractivity contribution < 1.29 is 4.74 Å². The Bertz CT molecular complexity index is 447. The maximum atomic E-state index is 5.94. The lowest BCUT2D eigenvalue weighted by molar-refractivity contribution is 0.133. The molecule has 18 heavy (non-hydrogen) atoms. The van der Waals surface area contributed by atoms with Gasteiger partial charge in [-0.2, -0.15) is 0 Å². The Hall–Kier alpha value is -0.220. The zero-order chi connectivity index (χ0) is 13.1. The van der Waals surface area contributed by atoms with E-state index < -0.39 is 0 Å².